The molecule has 0 heterocycles. The molecule has 0 radical (unpaired) electrons. The second-order valence-electron chi connectivity index (χ2n) is 2.04. The van der Waals surface area contributed by atoms with Crippen LogP contribution in [0.3, 0.4) is 0 Å². The van der Waals surface area contributed by atoms with Gasteiger partial charge in [-0.15, -0.1) is 0 Å². The Bertz CT molecular complexity index is 214. The zero-order chi connectivity index (χ0) is 10.6. The minimum Gasteiger partial charge on any atom is -0.480 e. The van der Waals surface area contributed by atoms with Crippen molar-refractivity contribution in [1.29, 1.82) is 0 Å². The highest BCUT2D eigenvalue weighted by Crippen LogP contribution is 2.14. The van der Waals surface area contributed by atoms with Gasteiger partial charge in [0.15, 0.2) is 6.04 Å². The minimum absolute atomic E-state index is 1.09. The quantitative estimate of drug-likeness (QED) is 0.552. The lowest BCUT2D eigenvalue weighted by atomic mass is 10.3. The third kappa shape index (κ3) is 3.74. The van der Waals surface area contributed by atoms with Crippen molar-refractivity contribution in [3.63, 3.8) is 0 Å². The smallest absolute Gasteiger partial charge is 0.471 e. The number of aliphatic carboxylic acids is 1. The zero-order valence-electron chi connectivity index (χ0n) is 6.13. The maximum atomic E-state index is 11.5. The summed E-state index contributed by atoms with van der Waals surface area (Å²) in [5.41, 5.74) is 0. The molecule has 0 saturated heterocycles. The number of hydrogen-bond acceptors (Lipinski definition) is 3. The van der Waals surface area contributed by atoms with Crippen LogP contribution in [0.25, 0.3) is 0 Å². The number of amides is 1. The SMILES string of the molecule is O=C(O)[C@H](CO)NC(=O)C(F)(F)F. The summed E-state index contributed by atoms with van der Waals surface area (Å²) in [6.45, 7) is -1.10. The van der Waals surface area contributed by atoms with E-state index in [0.29, 0.717) is 0 Å². The average molecular weight is 201 g/mol. The van der Waals surface area contributed by atoms with Crippen molar-refractivity contribution in [2.24, 2.45) is 0 Å². The molecule has 76 valence electrons. The van der Waals surface area contributed by atoms with Crippen LogP contribution in [-0.4, -0.2) is 40.9 Å². The van der Waals surface area contributed by atoms with E-state index >= 15 is 0 Å². The fourth-order valence-electron chi connectivity index (χ4n) is 0.426. The summed E-state index contributed by atoms with van der Waals surface area (Å²) in [6, 6.07) is -1.94. The van der Waals surface area contributed by atoms with Gasteiger partial charge in [-0.05, 0) is 0 Å². The Morgan fingerprint density at radius 3 is 2.08 bits per heavy atom. The topological polar surface area (TPSA) is 86.6 Å². The van der Waals surface area contributed by atoms with Crippen molar-refractivity contribution in [1.82, 2.24) is 5.32 Å². The van der Waals surface area contributed by atoms with Crippen LogP contribution in [0.2, 0.25) is 0 Å². The van der Waals surface area contributed by atoms with Crippen LogP contribution in [0.4, 0.5) is 13.2 Å². The van der Waals surface area contributed by atoms with Gasteiger partial charge >= 0.3 is 18.1 Å². The third-order valence-electron chi connectivity index (χ3n) is 1.04. The maximum absolute atomic E-state index is 11.5. The maximum Gasteiger partial charge on any atom is 0.471 e. The first-order chi connectivity index (χ1) is 5.79. The fourth-order valence-corrected chi connectivity index (χ4v) is 0.426. The Morgan fingerprint density at radius 1 is 1.38 bits per heavy atom. The van der Waals surface area contributed by atoms with Gasteiger partial charge in [-0.2, -0.15) is 13.2 Å². The molecule has 5 nitrogen and oxygen atoms in total. The molecule has 0 aliphatic carbocycles. The lowest BCUT2D eigenvalue weighted by Gasteiger charge is -2.12. The molecule has 0 bridgehead atoms. The van der Waals surface area contributed by atoms with Crippen LogP contribution in [0.1, 0.15) is 0 Å². The summed E-state index contributed by atoms with van der Waals surface area (Å²) in [4.78, 5) is 20.2. The van der Waals surface area contributed by atoms with E-state index in [9.17, 15) is 22.8 Å². The number of aliphatic hydroxyl groups excluding tert-OH is 1. The monoisotopic (exact) mass is 201 g/mol. The zero-order valence-corrected chi connectivity index (χ0v) is 6.13. The van der Waals surface area contributed by atoms with Crippen molar-refractivity contribution < 1.29 is 33.0 Å². The molecular weight excluding hydrogens is 195 g/mol. The van der Waals surface area contributed by atoms with Gasteiger partial charge in [0, 0.05) is 0 Å². The molecule has 3 N–H and O–H groups in total. The summed E-state index contributed by atoms with van der Waals surface area (Å²) >= 11 is 0. The van der Waals surface area contributed by atoms with Gasteiger partial charge in [-0.1, -0.05) is 0 Å². The molecule has 8 heteroatoms. The highest BCUT2D eigenvalue weighted by Gasteiger charge is 2.40. The average Bonchev–Trinajstić information content (AvgIpc) is 1.96. The standard InChI is InChI=1S/C5H6F3NO4/c6-5(7,8)4(13)9-2(1-10)3(11)12/h2,10H,1H2,(H,9,13)(H,11,12)/t2-/m0/s1. The van der Waals surface area contributed by atoms with Gasteiger partial charge in [-0.3, -0.25) is 4.79 Å². The van der Waals surface area contributed by atoms with E-state index in [0.717, 1.165) is 5.32 Å². The van der Waals surface area contributed by atoms with Crippen LogP contribution >= 0.6 is 0 Å². The number of carbonyl (C=O) groups is 2. The number of nitrogens with one attached hydrogen (secondary N) is 1. The lowest BCUT2D eigenvalue weighted by molar-refractivity contribution is -0.175. The normalized spacial score (nSPS) is 13.5. The van der Waals surface area contributed by atoms with Gasteiger partial charge in [0.2, 0.25) is 0 Å². The van der Waals surface area contributed by atoms with E-state index in [1.54, 1.807) is 0 Å². The van der Waals surface area contributed by atoms with Crippen molar-refractivity contribution >= 4 is 11.9 Å². The molecular formula is C5H6F3NO4. The van der Waals surface area contributed by atoms with Crippen molar-refractivity contribution in [2.45, 2.75) is 12.2 Å². The number of rotatable bonds is 3. The van der Waals surface area contributed by atoms with Crippen molar-refractivity contribution in [2.75, 3.05) is 6.61 Å². The molecule has 0 fully saturated rings. The van der Waals surface area contributed by atoms with Gasteiger partial charge in [0.1, 0.15) is 0 Å². The summed E-state index contributed by atoms with van der Waals surface area (Å²) in [5.74, 6) is -4.13. The first-order valence-corrected chi connectivity index (χ1v) is 3.00. The van der Waals surface area contributed by atoms with Gasteiger partial charge in [0.25, 0.3) is 0 Å². The molecule has 0 aliphatic heterocycles. The fraction of sp³-hybridized carbons (Fsp3) is 0.600. The van der Waals surface area contributed by atoms with Crippen molar-refractivity contribution in [3.05, 3.63) is 0 Å². The summed E-state index contributed by atoms with van der Waals surface area (Å²) < 4.78 is 34.6. The van der Waals surface area contributed by atoms with E-state index in [1.165, 1.54) is 0 Å². The number of carbonyl (C=O) groups excluding carboxylic acids is 1. The number of alkyl halides is 3. The third-order valence-corrected chi connectivity index (χ3v) is 1.04. The second-order valence-corrected chi connectivity index (χ2v) is 2.04. The van der Waals surface area contributed by atoms with Crippen molar-refractivity contribution in [3.8, 4) is 0 Å². The molecule has 1 amide bonds. The number of carboxylic acid groups (broad SMARTS) is 1. The molecule has 0 rings (SSSR count). The Morgan fingerprint density at radius 2 is 1.85 bits per heavy atom. The molecule has 0 aliphatic rings. The van der Waals surface area contributed by atoms with Crippen LogP contribution in [0, 0.1) is 0 Å². The Hall–Kier alpha value is -1.31. The molecule has 0 aromatic rings. The highest BCUT2D eigenvalue weighted by atomic mass is 19.4. The number of aliphatic hydroxyl groups is 1. The first kappa shape index (κ1) is 11.7. The number of hydrogen-bond donors (Lipinski definition) is 3. The molecule has 0 saturated carbocycles. The Labute approximate surface area is 70.2 Å². The van der Waals surface area contributed by atoms with Crippen LogP contribution in [-0.2, 0) is 9.59 Å². The van der Waals surface area contributed by atoms with Crippen LogP contribution in [0.15, 0.2) is 0 Å². The predicted octanol–water partition coefficient (Wildman–Crippen LogP) is -0.890. The van der Waals surface area contributed by atoms with Gasteiger partial charge in [-0.25, -0.2) is 4.79 Å². The van der Waals surface area contributed by atoms with E-state index in [1.807, 2.05) is 0 Å². The Kier molecular flexibility index (Phi) is 3.67. The molecule has 0 aromatic carbocycles. The summed E-state index contributed by atoms with van der Waals surface area (Å²) in [7, 11) is 0. The summed E-state index contributed by atoms with van der Waals surface area (Å²) in [6.07, 6.45) is -5.15. The molecule has 0 spiro atoms. The minimum atomic E-state index is -5.15. The first-order valence-electron chi connectivity index (χ1n) is 3.00. The number of halogens is 3. The van der Waals surface area contributed by atoms with Gasteiger partial charge in [0.05, 0.1) is 6.61 Å². The van der Waals surface area contributed by atoms with Gasteiger partial charge < -0.3 is 15.5 Å². The van der Waals surface area contributed by atoms with E-state index in [2.05, 4.69) is 0 Å². The molecule has 1 atom stereocenters. The highest BCUT2D eigenvalue weighted by molar-refractivity contribution is 5.86. The summed E-state index contributed by atoms with van der Waals surface area (Å²) in [5, 5.41) is 17.5. The van der Waals surface area contributed by atoms with Crippen LogP contribution < -0.4 is 5.32 Å². The largest absolute Gasteiger partial charge is 0.480 e. The second kappa shape index (κ2) is 4.08. The van der Waals surface area contributed by atoms with E-state index in [4.69, 9.17) is 10.2 Å². The van der Waals surface area contributed by atoms with Crippen LogP contribution in [0.5, 0.6) is 0 Å². The molecule has 0 aromatic heterocycles. The lowest BCUT2D eigenvalue weighted by Crippen LogP contribution is -2.48. The Balaban J connectivity index is 4.26. The molecule has 0 unspecified atom stereocenters. The number of carboxylic acids is 1. The van der Waals surface area contributed by atoms with E-state index in [-0.39, 0.29) is 0 Å². The predicted molar refractivity (Wildman–Crippen MR) is 32.7 cm³/mol. The molecule has 13 heavy (non-hydrogen) atoms. The van der Waals surface area contributed by atoms with E-state index < -0.39 is 30.7 Å².